The summed E-state index contributed by atoms with van der Waals surface area (Å²) >= 11 is 0. The molecule has 0 saturated carbocycles. The van der Waals surface area contributed by atoms with Crippen molar-refractivity contribution >= 4 is 0 Å². The molecule has 20 heavy (non-hydrogen) atoms. The lowest BCUT2D eigenvalue weighted by atomic mass is 9.77. The summed E-state index contributed by atoms with van der Waals surface area (Å²) in [5.74, 6) is 1.65. The molecule has 1 N–H and O–H groups in total. The normalized spacial score (nSPS) is 23.9. The Balaban J connectivity index is 2.44. The average molecular weight is 283 g/mol. The Morgan fingerprint density at radius 1 is 1.10 bits per heavy atom. The van der Waals surface area contributed by atoms with Gasteiger partial charge in [-0.3, -0.25) is 4.90 Å². The second kappa shape index (κ2) is 8.38. The molecule has 0 bridgehead atoms. The summed E-state index contributed by atoms with van der Waals surface area (Å²) in [6.45, 7) is 19.1. The van der Waals surface area contributed by atoms with E-state index in [4.69, 9.17) is 0 Å². The molecule has 2 atom stereocenters. The molecular formula is C18H38N2. The topological polar surface area (TPSA) is 15.3 Å². The molecule has 1 aliphatic rings. The van der Waals surface area contributed by atoms with Crippen molar-refractivity contribution in [3.05, 3.63) is 0 Å². The summed E-state index contributed by atoms with van der Waals surface area (Å²) in [4.78, 5) is 2.75. The van der Waals surface area contributed by atoms with Gasteiger partial charge in [0.1, 0.15) is 0 Å². The summed E-state index contributed by atoms with van der Waals surface area (Å²) < 4.78 is 0. The Hall–Kier alpha value is -0.0800. The third kappa shape index (κ3) is 6.13. The zero-order valence-electron chi connectivity index (χ0n) is 14.8. The highest BCUT2D eigenvalue weighted by atomic mass is 15.2. The van der Waals surface area contributed by atoms with E-state index in [0.717, 1.165) is 31.0 Å². The number of nitrogens with one attached hydrogen (secondary N) is 1. The molecule has 2 unspecified atom stereocenters. The zero-order valence-corrected chi connectivity index (χ0v) is 14.8. The van der Waals surface area contributed by atoms with Gasteiger partial charge in [0.05, 0.1) is 0 Å². The fourth-order valence-electron chi connectivity index (χ4n) is 3.42. The van der Waals surface area contributed by atoms with Gasteiger partial charge in [-0.15, -0.1) is 0 Å². The van der Waals surface area contributed by atoms with E-state index in [-0.39, 0.29) is 0 Å². The van der Waals surface area contributed by atoms with Crippen molar-refractivity contribution in [2.45, 2.75) is 73.3 Å². The Bertz CT molecular complexity index is 255. The van der Waals surface area contributed by atoms with E-state index >= 15 is 0 Å². The fraction of sp³-hybridized carbons (Fsp3) is 1.00. The van der Waals surface area contributed by atoms with Crippen molar-refractivity contribution in [1.82, 2.24) is 10.2 Å². The molecule has 0 aromatic heterocycles. The molecule has 0 aromatic rings. The molecule has 120 valence electrons. The summed E-state index contributed by atoms with van der Waals surface area (Å²) in [5.41, 5.74) is 0.480. The molecule has 1 heterocycles. The quantitative estimate of drug-likeness (QED) is 0.787. The average Bonchev–Trinajstić information content (AvgIpc) is 2.59. The first-order valence-electron chi connectivity index (χ1n) is 8.79. The Morgan fingerprint density at radius 3 is 2.35 bits per heavy atom. The molecule has 1 aliphatic heterocycles. The van der Waals surface area contributed by atoms with Crippen LogP contribution in [0.4, 0.5) is 0 Å². The zero-order chi connectivity index (χ0) is 15.2. The van der Waals surface area contributed by atoms with Gasteiger partial charge in [-0.05, 0) is 62.6 Å². The third-order valence-corrected chi connectivity index (χ3v) is 4.91. The molecule has 0 aromatic carbocycles. The number of likely N-dealkylation sites (tertiary alicyclic amines) is 1. The molecule has 0 spiro atoms. The third-order valence-electron chi connectivity index (χ3n) is 4.91. The monoisotopic (exact) mass is 282 g/mol. The van der Waals surface area contributed by atoms with Crippen LogP contribution in [0.5, 0.6) is 0 Å². The summed E-state index contributed by atoms with van der Waals surface area (Å²) in [5, 5.41) is 3.65. The van der Waals surface area contributed by atoms with Gasteiger partial charge in [0.15, 0.2) is 0 Å². The van der Waals surface area contributed by atoms with Crippen LogP contribution in [0, 0.1) is 17.3 Å². The van der Waals surface area contributed by atoms with Crippen LogP contribution < -0.4 is 5.32 Å². The van der Waals surface area contributed by atoms with Crippen molar-refractivity contribution in [2.24, 2.45) is 17.3 Å². The Labute approximate surface area is 127 Å². The maximum absolute atomic E-state index is 3.65. The summed E-state index contributed by atoms with van der Waals surface area (Å²) in [6, 6.07) is 0.729. The number of hydrogen-bond donors (Lipinski definition) is 1. The van der Waals surface area contributed by atoms with Gasteiger partial charge in [-0.1, -0.05) is 41.5 Å². The van der Waals surface area contributed by atoms with Crippen molar-refractivity contribution in [3.63, 3.8) is 0 Å². The van der Waals surface area contributed by atoms with E-state index in [1.807, 2.05) is 0 Å². The van der Waals surface area contributed by atoms with Crippen molar-refractivity contribution in [3.8, 4) is 0 Å². The fourth-order valence-corrected chi connectivity index (χ4v) is 3.42. The predicted octanol–water partition coefficient (Wildman–Crippen LogP) is 4.16. The number of rotatable bonds is 6. The van der Waals surface area contributed by atoms with E-state index in [9.17, 15) is 0 Å². The van der Waals surface area contributed by atoms with Gasteiger partial charge < -0.3 is 5.32 Å². The van der Waals surface area contributed by atoms with Gasteiger partial charge in [0.2, 0.25) is 0 Å². The molecule has 2 nitrogen and oxygen atoms in total. The first-order chi connectivity index (χ1) is 9.34. The molecule has 0 radical (unpaired) electrons. The Kier molecular flexibility index (Phi) is 7.53. The van der Waals surface area contributed by atoms with Gasteiger partial charge in [-0.25, -0.2) is 0 Å². The molecule has 0 aliphatic carbocycles. The molecule has 1 saturated heterocycles. The first-order valence-corrected chi connectivity index (χ1v) is 8.79. The van der Waals surface area contributed by atoms with Gasteiger partial charge in [0, 0.05) is 12.6 Å². The minimum Gasteiger partial charge on any atom is -0.315 e. The van der Waals surface area contributed by atoms with Crippen LogP contribution in [-0.4, -0.2) is 37.1 Å². The maximum Gasteiger partial charge on any atom is 0.0218 e. The smallest absolute Gasteiger partial charge is 0.0218 e. The van der Waals surface area contributed by atoms with Crippen LogP contribution in [0.2, 0.25) is 0 Å². The standard InChI is InChI=1S/C18H38N2/c1-7-17(14-19-13-15(2)3)20-11-8-9-16(10-12-20)18(4,5)6/h15-17,19H,7-14H2,1-6H3. The summed E-state index contributed by atoms with van der Waals surface area (Å²) in [7, 11) is 0. The van der Waals surface area contributed by atoms with Gasteiger partial charge in [-0.2, -0.15) is 0 Å². The van der Waals surface area contributed by atoms with Crippen LogP contribution in [-0.2, 0) is 0 Å². The van der Waals surface area contributed by atoms with E-state index in [0.29, 0.717) is 5.41 Å². The minimum absolute atomic E-state index is 0.480. The van der Waals surface area contributed by atoms with E-state index in [1.54, 1.807) is 0 Å². The summed E-state index contributed by atoms with van der Waals surface area (Å²) in [6.07, 6.45) is 5.44. The molecule has 1 rings (SSSR count). The number of nitrogens with zero attached hydrogens (tertiary/aromatic N) is 1. The van der Waals surface area contributed by atoms with Crippen LogP contribution in [0.1, 0.15) is 67.2 Å². The van der Waals surface area contributed by atoms with Crippen molar-refractivity contribution < 1.29 is 0 Å². The molecule has 0 amide bonds. The van der Waals surface area contributed by atoms with Crippen LogP contribution >= 0.6 is 0 Å². The molecule has 2 heteroatoms. The van der Waals surface area contributed by atoms with E-state index < -0.39 is 0 Å². The lowest BCUT2D eigenvalue weighted by Gasteiger charge is -2.32. The van der Waals surface area contributed by atoms with Crippen molar-refractivity contribution in [1.29, 1.82) is 0 Å². The number of hydrogen-bond acceptors (Lipinski definition) is 2. The second-order valence-corrected chi connectivity index (χ2v) is 8.14. The van der Waals surface area contributed by atoms with Crippen LogP contribution in [0.3, 0.4) is 0 Å². The van der Waals surface area contributed by atoms with E-state index in [1.165, 1.54) is 38.8 Å². The highest BCUT2D eigenvalue weighted by molar-refractivity contribution is 4.82. The lowest BCUT2D eigenvalue weighted by Crippen LogP contribution is -2.43. The highest BCUT2D eigenvalue weighted by Gasteiger charge is 2.28. The lowest BCUT2D eigenvalue weighted by molar-refractivity contribution is 0.175. The minimum atomic E-state index is 0.480. The molecular weight excluding hydrogens is 244 g/mol. The Morgan fingerprint density at radius 2 is 1.80 bits per heavy atom. The SMILES string of the molecule is CCC(CNCC(C)C)N1CCCC(C(C)(C)C)CC1. The molecule has 1 fully saturated rings. The van der Waals surface area contributed by atoms with Crippen LogP contribution in [0.15, 0.2) is 0 Å². The van der Waals surface area contributed by atoms with E-state index in [2.05, 4.69) is 51.8 Å². The second-order valence-electron chi connectivity index (χ2n) is 8.14. The first kappa shape index (κ1) is 18.0. The van der Waals surface area contributed by atoms with Crippen molar-refractivity contribution in [2.75, 3.05) is 26.2 Å². The van der Waals surface area contributed by atoms with Gasteiger partial charge in [0.25, 0.3) is 0 Å². The maximum atomic E-state index is 3.65. The largest absolute Gasteiger partial charge is 0.315 e. The van der Waals surface area contributed by atoms with Crippen LogP contribution in [0.25, 0.3) is 0 Å². The van der Waals surface area contributed by atoms with Gasteiger partial charge >= 0.3 is 0 Å². The highest BCUT2D eigenvalue weighted by Crippen LogP contribution is 2.34. The predicted molar refractivity (Wildman–Crippen MR) is 90.2 cm³/mol.